The van der Waals surface area contributed by atoms with E-state index in [2.05, 4.69) is 6.92 Å². The Balaban J connectivity index is 1.62. The van der Waals surface area contributed by atoms with Crippen LogP contribution in [0.1, 0.15) is 52.4 Å². The minimum Gasteiger partial charge on any atom is -0.299 e. The van der Waals surface area contributed by atoms with Gasteiger partial charge >= 0.3 is 0 Å². The third kappa shape index (κ3) is 3.26. The van der Waals surface area contributed by atoms with Crippen LogP contribution in [0.2, 0.25) is 0 Å². The number of Topliss-reactive ketones (excluding diaryl/α,β-unsaturated/α-hetero) is 2. The van der Waals surface area contributed by atoms with Crippen LogP contribution in [0.25, 0.3) is 0 Å². The van der Waals surface area contributed by atoms with Crippen LogP contribution in [0.4, 0.5) is 0 Å². The number of hydrogen-bond acceptors (Lipinski definition) is 5. The van der Waals surface area contributed by atoms with E-state index in [0.717, 1.165) is 24.8 Å². The maximum absolute atomic E-state index is 13.4. The molecule has 1 N–H and O–H groups in total. The quantitative estimate of drug-likeness (QED) is 0.701. The summed E-state index contributed by atoms with van der Waals surface area (Å²) >= 11 is 0. The molecule has 6 nitrogen and oxygen atoms in total. The lowest BCUT2D eigenvalue weighted by Gasteiger charge is -2.55. The highest BCUT2D eigenvalue weighted by molar-refractivity contribution is 7.85. The van der Waals surface area contributed by atoms with Crippen molar-refractivity contribution in [3.05, 3.63) is 23.8 Å². The Morgan fingerprint density at radius 1 is 1.21 bits per heavy atom. The molecular formula is C22H28O6S. The Kier molecular flexibility index (Phi) is 4.78. The Hall–Kier alpha value is -1.60. The molecule has 0 aromatic heterocycles. The van der Waals surface area contributed by atoms with E-state index in [9.17, 15) is 22.8 Å². The van der Waals surface area contributed by atoms with Gasteiger partial charge in [-0.25, -0.2) is 0 Å². The molecule has 158 valence electrons. The Morgan fingerprint density at radius 3 is 2.62 bits per heavy atom. The zero-order valence-electron chi connectivity index (χ0n) is 16.9. The Bertz CT molecular complexity index is 944. The zero-order valence-corrected chi connectivity index (χ0v) is 17.7. The van der Waals surface area contributed by atoms with Crippen LogP contribution in [-0.2, 0) is 24.5 Å². The van der Waals surface area contributed by atoms with Crippen molar-refractivity contribution in [1.29, 1.82) is 0 Å². The van der Waals surface area contributed by atoms with E-state index in [1.807, 2.05) is 13.0 Å². The first-order chi connectivity index (χ1) is 13.5. The Labute approximate surface area is 171 Å². The molecule has 0 spiro atoms. The molecule has 7 heteroatoms. The first-order valence-electron chi connectivity index (χ1n) is 10.4. The molecule has 0 aromatic rings. The van der Waals surface area contributed by atoms with E-state index in [1.54, 1.807) is 12.2 Å². The van der Waals surface area contributed by atoms with Crippen LogP contribution in [0.3, 0.4) is 0 Å². The molecule has 0 heterocycles. The topological polar surface area (TPSA) is 106 Å². The normalized spacial score (nSPS) is 41.4. The molecule has 0 saturated heterocycles. The van der Waals surface area contributed by atoms with E-state index < -0.39 is 26.7 Å². The SMILES string of the molecule is C[C@]12CC(=O)[C@H]3[C@@H](CCC4=CC(=O)C=C[C@@]43C)[C@@H]1CC[C@@H]2C(=O)CCS(=O)(=O)O. The molecule has 4 rings (SSSR count). The van der Waals surface area contributed by atoms with Crippen LogP contribution >= 0.6 is 0 Å². The van der Waals surface area contributed by atoms with Gasteiger partial charge in [0.2, 0.25) is 0 Å². The fraction of sp³-hybridized carbons (Fsp3) is 0.682. The average Bonchev–Trinajstić information content (AvgIpc) is 2.96. The van der Waals surface area contributed by atoms with Crippen LogP contribution in [0.15, 0.2) is 23.8 Å². The van der Waals surface area contributed by atoms with Gasteiger partial charge in [0, 0.05) is 30.1 Å². The van der Waals surface area contributed by atoms with Crippen molar-refractivity contribution in [2.75, 3.05) is 5.75 Å². The highest BCUT2D eigenvalue weighted by Gasteiger charge is 2.62. The summed E-state index contributed by atoms with van der Waals surface area (Å²) < 4.78 is 31.1. The van der Waals surface area contributed by atoms with E-state index in [0.29, 0.717) is 12.8 Å². The van der Waals surface area contributed by atoms with Gasteiger partial charge in [0.15, 0.2) is 5.78 Å². The number of hydrogen-bond donors (Lipinski definition) is 1. The summed E-state index contributed by atoms with van der Waals surface area (Å²) in [5.41, 5.74) is 0.157. The van der Waals surface area contributed by atoms with E-state index in [1.165, 1.54) is 0 Å². The fourth-order valence-corrected chi connectivity index (χ4v) is 7.42. The molecule has 4 aliphatic rings. The summed E-state index contributed by atoms with van der Waals surface area (Å²) in [5, 5.41) is 0. The first-order valence-corrected chi connectivity index (χ1v) is 12.0. The molecule has 0 amide bonds. The smallest absolute Gasteiger partial charge is 0.265 e. The molecule has 3 fully saturated rings. The molecule has 0 aromatic carbocycles. The van der Waals surface area contributed by atoms with Gasteiger partial charge in [-0.1, -0.05) is 25.5 Å². The first kappa shape index (κ1) is 20.7. The monoisotopic (exact) mass is 420 g/mol. The van der Waals surface area contributed by atoms with Gasteiger partial charge in [-0.3, -0.25) is 18.9 Å². The second-order valence-electron chi connectivity index (χ2n) is 9.76. The lowest BCUT2D eigenvalue weighted by molar-refractivity contribution is -0.145. The minimum atomic E-state index is -4.18. The maximum atomic E-state index is 13.4. The predicted octanol–water partition coefficient (Wildman–Crippen LogP) is 2.94. The number of carbonyl (C=O) groups is 3. The van der Waals surface area contributed by atoms with Crippen molar-refractivity contribution >= 4 is 27.5 Å². The minimum absolute atomic E-state index is 0.0191. The number of rotatable bonds is 4. The van der Waals surface area contributed by atoms with Gasteiger partial charge in [0.1, 0.15) is 11.6 Å². The number of fused-ring (bicyclic) bond motifs is 5. The van der Waals surface area contributed by atoms with Gasteiger partial charge in [0.25, 0.3) is 10.1 Å². The average molecular weight is 421 g/mol. The highest BCUT2D eigenvalue weighted by Crippen LogP contribution is 2.65. The van der Waals surface area contributed by atoms with Gasteiger partial charge in [0.05, 0.1) is 5.75 Å². The predicted molar refractivity (Wildman–Crippen MR) is 107 cm³/mol. The van der Waals surface area contributed by atoms with Gasteiger partial charge in [-0.05, 0) is 55.1 Å². The third-order valence-corrected chi connectivity index (χ3v) is 8.97. The summed E-state index contributed by atoms with van der Waals surface area (Å²) in [5.74, 6) is -0.707. The van der Waals surface area contributed by atoms with Crippen molar-refractivity contribution in [2.45, 2.75) is 52.4 Å². The van der Waals surface area contributed by atoms with Crippen LogP contribution < -0.4 is 0 Å². The number of allylic oxidation sites excluding steroid dienone is 4. The molecular weight excluding hydrogens is 392 g/mol. The van der Waals surface area contributed by atoms with E-state index in [-0.39, 0.29) is 47.4 Å². The summed E-state index contributed by atoms with van der Waals surface area (Å²) in [6, 6.07) is 0. The summed E-state index contributed by atoms with van der Waals surface area (Å²) in [6.45, 7) is 4.07. The van der Waals surface area contributed by atoms with Crippen molar-refractivity contribution in [2.24, 2.45) is 34.5 Å². The number of ketones is 3. The highest BCUT2D eigenvalue weighted by atomic mass is 32.2. The van der Waals surface area contributed by atoms with Crippen molar-refractivity contribution in [3.8, 4) is 0 Å². The standard InChI is InChI=1S/C22H28O6S/c1-21-9-7-14(23)11-13(21)3-4-15-16-5-6-17(18(24)8-10-29(26,27)28)22(16,2)12-19(25)20(15)21/h7,9,11,15-17,20H,3-6,8,10,12H2,1-2H3,(H,26,27,28)/t15-,16-,17+,20+,21-,22-/m0/s1. The second kappa shape index (κ2) is 6.71. The maximum Gasteiger partial charge on any atom is 0.265 e. The lowest BCUT2D eigenvalue weighted by Crippen LogP contribution is -2.54. The second-order valence-corrected chi connectivity index (χ2v) is 11.3. The van der Waals surface area contributed by atoms with Crippen LogP contribution in [0.5, 0.6) is 0 Å². The molecule has 29 heavy (non-hydrogen) atoms. The van der Waals surface area contributed by atoms with E-state index in [4.69, 9.17) is 4.55 Å². The molecule has 0 radical (unpaired) electrons. The Morgan fingerprint density at radius 2 is 1.93 bits per heavy atom. The molecule has 0 unspecified atom stereocenters. The molecule has 6 atom stereocenters. The van der Waals surface area contributed by atoms with Crippen molar-refractivity contribution < 1.29 is 27.4 Å². The largest absolute Gasteiger partial charge is 0.299 e. The summed E-state index contributed by atoms with van der Waals surface area (Å²) in [6.07, 6.45) is 8.42. The summed E-state index contributed by atoms with van der Waals surface area (Å²) in [7, 11) is -4.18. The van der Waals surface area contributed by atoms with Gasteiger partial charge in [-0.2, -0.15) is 8.42 Å². The van der Waals surface area contributed by atoms with Crippen molar-refractivity contribution in [1.82, 2.24) is 0 Å². The lowest BCUT2D eigenvalue weighted by atomic mass is 9.47. The van der Waals surface area contributed by atoms with E-state index >= 15 is 0 Å². The third-order valence-electron chi connectivity index (χ3n) is 8.25. The van der Waals surface area contributed by atoms with Crippen LogP contribution in [-0.4, -0.2) is 36.1 Å². The van der Waals surface area contributed by atoms with Crippen molar-refractivity contribution in [3.63, 3.8) is 0 Å². The fourth-order valence-electron chi connectivity index (χ4n) is 6.96. The zero-order chi connectivity index (χ0) is 21.2. The van der Waals surface area contributed by atoms with Gasteiger partial charge < -0.3 is 0 Å². The molecule has 4 aliphatic carbocycles. The van der Waals surface area contributed by atoms with Crippen LogP contribution in [0, 0.1) is 34.5 Å². The van der Waals surface area contributed by atoms with Gasteiger partial charge in [-0.15, -0.1) is 0 Å². The number of carbonyl (C=O) groups excluding carboxylic acids is 3. The molecule has 0 aliphatic heterocycles. The summed E-state index contributed by atoms with van der Waals surface area (Å²) in [4.78, 5) is 38.1. The molecule has 0 bridgehead atoms. The molecule has 3 saturated carbocycles.